The number of nitrogens with zero attached hydrogens (tertiary/aromatic N) is 4. The van der Waals surface area contributed by atoms with Crippen molar-refractivity contribution in [2.45, 2.75) is 0 Å². The van der Waals surface area contributed by atoms with Crippen molar-refractivity contribution in [3.8, 4) is 23.1 Å². The van der Waals surface area contributed by atoms with Gasteiger partial charge in [0.1, 0.15) is 5.75 Å². The lowest BCUT2D eigenvalue weighted by molar-refractivity contribution is 0.101. The predicted octanol–water partition coefficient (Wildman–Crippen LogP) is 3.72. The van der Waals surface area contributed by atoms with E-state index in [1.807, 2.05) is 30.3 Å². The fraction of sp³-hybridized carbons (Fsp3) is 0.0476. The Morgan fingerprint density at radius 2 is 1.93 bits per heavy atom. The van der Waals surface area contributed by atoms with Gasteiger partial charge >= 0.3 is 0 Å². The molecule has 0 saturated carbocycles. The van der Waals surface area contributed by atoms with Crippen molar-refractivity contribution in [3.63, 3.8) is 0 Å². The highest BCUT2D eigenvalue weighted by molar-refractivity contribution is 6.04. The number of hydrogen-bond acceptors (Lipinski definition) is 6. The molecule has 0 radical (unpaired) electrons. The van der Waals surface area contributed by atoms with Crippen molar-refractivity contribution < 1.29 is 14.3 Å². The van der Waals surface area contributed by atoms with Crippen LogP contribution in [0.3, 0.4) is 0 Å². The average Bonchev–Trinajstić information content (AvgIpc) is 3.20. The van der Waals surface area contributed by atoms with Crippen LogP contribution >= 0.6 is 0 Å². The van der Waals surface area contributed by atoms with Crippen LogP contribution in [0.5, 0.6) is 17.4 Å². The molecule has 29 heavy (non-hydrogen) atoms. The van der Waals surface area contributed by atoms with E-state index >= 15 is 0 Å². The number of methoxy groups -OCH3 is 1. The minimum Gasteiger partial charge on any atom is -0.493 e. The average molecular weight is 387 g/mol. The molecule has 0 saturated heterocycles. The first-order valence-corrected chi connectivity index (χ1v) is 8.77. The summed E-state index contributed by atoms with van der Waals surface area (Å²) in [7, 11) is 1.50. The van der Waals surface area contributed by atoms with Gasteiger partial charge in [-0.2, -0.15) is 5.10 Å². The summed E-state index contributed by atoms with van der Waals surface area (Å²) in [6.45, 7) is 0. The normalized spacial score (nSPS) is 10.4. The summed E-state index contributed by atoms with van der Waals surface area (Å²) in [5.74, 6) is 0.857. The molecular formula is C21H17N5O3. The Morgan fingerprint density at radius 3 is 2.69 bits per heavy atom. The van der Waals surface area contributed by atoms with E-state index in [1.165, 1.54) is 19.5 Å². The van der Waals surface area contributed by atoms with Gasteiger partial charge in [0.15, 0.2) is 11.4 Å². The van der Waals surface area contributed by atoms with E-state index < -0.39 is 5.91 Å². The van der Waals surface area contributed by atoms with Gasteiger partial charge in [-0.15, -0.1) is 0 Å². The third kappa shape index (κ3) is 4.22. The summed E-state index contributed by atoms with van der Waals surface area (Å²) in [6, 6.07) is 16.4. The van der Waals surface area contributed by atoms with E-state index in [4.69, 9.17) is 9.47 Å². The number of anilines is 1. The molecule has 1 N–H and O–H groups in total. The van der Waals surface area contributed by atoms with Crippen molar-refractivity contribution in [1.82, 2.24) is 19.7 Å². The van der Waals surface area contributed by atoms with Gasteiger partial charge in [0.05, 0.1) is 25.2 Å². The van der Waals surface area contributed by atoms with Crippen LogP contribution < -0.4 is 14.8 Å². The smallest absolute Gasteiger partial charge is 0.280 e. The van der Waals surface area contributed by atoms with E-state index in [9.17, 15) is 4.79 Å². The maximum atomic E-state index is 12.8. The van der Waals surface area contributed by atoms with Crippen molar-refractivity contribution in [3.05, 3.63) is 85.1 Å². The first-order chi connectivity index (χ1) is 14.2. The molecule has 2 aromatic heterocycles. The van der Waals surface area contributed by atoms with E-state index in [0.717, 1.165) is 5.69 Å². The van der Waals surface area contributed by atoms with E-state index in [-0.39, 0.29) is 5.69 Å². The summed E-state index contributed by atoms with van der Waals surface area (Å²) >= 11 is 0. The Kier molecular flexibility index (Phi) is 5.15. The molecule has 0 unspecified atom stereocenters. The van der Waals surface area contributed by atoms with Gasteiger partial charge in [-0.1, -0.05) is 24.3 Å². The standard InChI is InChI=1S/C21H17N5O3/c1-28-18-14-26(16-7-3-2-4-8-16)25-20(18)21(27)24-15-6-5-9-17(12-15)29-19-13-22-10-11-23-19/h2-14H,1H3,(H,24,27). The van der Waals surface area contributed by atoms with Crippen LogP contribution in [0.1, 0.15) is 10.5 Å². The molecule has 4 aromatic rings. The molecule has 0 aliphatic carbocycles. The largest absolute Gasteiger partial charge is 0.493 e. The lowest BCUT2D eigenvalue weighted by atomic mass is 10.3. The first-order valence-electron chi connectivity index (χ1n) is 8.77. The third-order valence-electron chi connectivity index (χ3n) is 3.99. The molecule has 0 bridgehead atoms. The molecule has 0 fully saturated rings. The van der Waals surface area contributed by atoms with Crippen LogP contribution in [0.2, 0.25) is 0 Å². The number of carbonyl (C=O) groups is 1. The van der Waals surface area contributed by atoms with Crippen molar-refractivity contribution >= 4 is 11.6 Å². The van der Waals surface area contributed by atoms with Crippen LogP contribution in [0, 0.1) is 0 Å². The second-order valence-corrected chi connectivity index (χ2v) is 5.95. The molecule has 8 nitrogen and oxygen atoms in total. The third-order valence-corrected chi connectivity index (χ3v) is 3.99. The van der Waals surface area contributed by atoms with Gasteiger partial charge in [-0.3, -0.25) is 9.78 Å². The van der Waals surface area contributed by atoms with Crippen molar-refractivity contribution in [2.24, 2.45) is 0 Å². The molecule has 0 spiro atoms. The number of ether oxygens (including phenoxy) is 2. The number of benzene rings is 2. The summed E-state index contributed by atoms with van der Waals surface area (Å²) in [4.78, 5) is 20.8. The van der Waals surface area contributed by atoms with Gasteiger partial charge < -0.3 is 14.8 Å². The minimum absolute atomic E-state index is 0.177. The molecule has 8 heteroatoms. The Morgan fingerprint density at radius 1 is 1.07 bits per heavy atom. The number of hydrogen-bond donors (Lipinski definition) is 1. The van der Waals surface area contributed by atoms with Crippen LogP contribution in [0.25, 0.3) is 5.69 Å². The zero-order valence-electron chi connectivity index (χ0n) is 15.5. The molecule has 2 heterocycles. The molecule has 0 aliphatic heterocycles. The number of nitrogens with one attached hydrogen (secondary N) is 1. The molecule has 0 aliphatic rings. The minimum atomic E-state index is -0.395. The number of amides is 1. The number of aromatic nitrogens is 4. The number of rotatable bonds is 6. The Bertz CT molecular complexity index is 1110. The Labute approximate surface area is 166 Å². The summed E-state index contributed by atoms with van der Waals surface area (Å²) in [6.07, 6.45) is 6.27. The molecule has 4 rings (SSSR count). The van der Waals surface area contributed by atoms with Crippen molar-refractivity contribution in [2.75, 3.05) is 12.4 Å². The zero-order valence-corrected chi connectivity index (χ0v) is 15.5. The maximum Gasteiger partial charge on any atom is 0.280 e. The SMILES string of the molecule is COc1cn(-c2ccccc2)nc1C(=O)Nc1cccc(Oc2cnccn2)c1. The fourth-order valence-corrected chi connectivity index (χ4v) is 2.66. The first kappa shape index (κ1) is 18.2. The highest BCUT2D eigenvalue weighted by Crippen LogP contribution is 2.24. The molecule has 1 amide bonds. The van der Waals surface area contributed by atoms with Gasteiger partial charge in [0, 0.05) is 24.1 Å². The van der Waals surface area contributed by atoms with Crippen LogP contribution in [0.15, 0.2) is 79.4 Å². The van der Waals surface area contributed by atoms with E-state index in [0.29, 0.717) is 23.1 Å². The van der Waals surface area contributed by atoms with Crippen LogP contribution in [-0.2, 0) is 0 Å². The fourth-order valence-electron chi connectivity index (χ4n) is 2.66. The Balaban J connectivity index is 1.54. The highest BCUT2D eigenvalue weighted by Gasteiger charge is 2.18. The molecule has 2 aromatic carbocycles. The van der Waals surface area contributed by atoms with Gasteiger partial charge in [0.25, 0.3) is 5.91 Å². The highest BCUT2D eigenvalue weighted by atomic mass is 16.5. The maximum absolute atomic E-state index is 12.8. The van der Waals surface area contributed by atoms with Gasteiger partial charge in [-0.05, 0) is 24.3 Å². The number of carbonyl (C=O) groups excluding carboxylic acids is 1. The molecular weight excluding hydrogens is 370 g/mol. The molecule has 144 valence electrons. The zero-order chi connectivity index (χ0) is 20.1. The summed E-state index contributed by atoms with van der Waals surface area (Å²) in [5, 5.41) is 7.18. The summed E-state index contributed by atoms with van der Waals surface area (Å²) < 4.78 is 12.6. The van der Waals surface area contributed by atoms with Gasteiger partial charge in [-0.25, -0.2) is 9.67 Å². The Hall–Kier alpha value is -4.20. The lowest BCUT2D eigenvalue weighted by Crippen LogP contribution is -2.14. The summed E-state index contributed by atoms with van der Waals surface area (Å²) in [5.41, 5.74) is 1.55. The van der Waals surface area contributed by atoms with Crippen LogP contribution in [-0.4, -0.2) is 32.8 Å². The van der Waals surface area contributed by atoms with Crippen LogP contribution in [0.4, 0.5) is 5.69 Å². The van der Waals surface area contributed by atoms with E-state index in [1.54, 1.807) is 41.3 Å². The predicted molar refractivity (Wildman–Crippen MR) is 107 cm³/mol. The quantitative estimate of drug-likeness (QED) is 0.542. The lowest BCUT2D eigenvalue weighted by Gasteiger charge is -2.08. The van der Waals surface area contributed by atoms with E-state index in [2.05, 4.69) is 20.4 Å². The number of para-hydroxylation sites is 1. The van der Waals surface area contributed by atoms with Gasteiger partial charge in [0.2, 0.25) is 5.88 Å². The topological polar surface area (TPSA) is 91.2 Å². The second-order valence-electron chi connectivity index (χ2n) is 5.95. The molecule has 0 atom stereocenters. The van der Waals surface area contributed by atoms with Crippen molar-refractivity contribution in [1.29, 1.82) is 0 Å². The monoisotopic (exact) mass is 387 g/mol. The second kappa shape index (κ2) is 8.22.